The summed E-state index contributed by atoms with van der Waals surface area (Å²) in [4.78, 5) is 33.7. The normalized spacial score (nSPS) is 20.3. The minimum atomic E-state index is -4.92. The van der Waals surface area contributed by atoms with Crippen molar-refractivity contribution >= 4 is 17.3 Å². The fourth-order valence-corrected chi connectivity index (χ4v) is 5.67. The van der Waals surface area contributed by atoms with Crippen molar-refractivity contribution in [1.29, 1.82) is 0 Å². The highest BCUT2D eigenvalue weighted by Gasteiger charge is 2.36. The van der Waals surface area contributed by atoms with Gasteiger partial charge in [0.05, 0.1) is 35.7 Å². The topological polar surface area (TPSA) is 80.9 Å². The number of aromatic nitrogens is 1. The summed E-state index contributed by atoms with van der Waals surface area (Å²) in [6, 6.07) is 10.7. The highest BCUT2D eigenvalue weighted by molar-refractivity contribution is 6.07. The first-order valence-electron chi connectivity index (χ1n) is 14.2. The van der Waals surface area contributed by atoms with Gasteiger partial charge < -0.3 is 19.9 Å². The molecule has 1 aromatic heterocycles. The molecule has 230 valence electrons. The van der Waals surface area contributed by atoms with Gasteiger partial charge in [-0.25, -0.2) is 4.39 Å². The molecule has 8 nitrogen and oxygen atoms in total. The van der Waals surface area contributed by atoms with E-state index in [4.69, 9.17) is 4.74 Å². The number of ether oxygens (including phenoxy) is 1. The number of carbonyl (C=O) groups excluding carboxylic acids is 1. The van der Waals surface area contributed by atoms with Gasteiger partial charge in [-0.05, 0) is 56.3 Å². The molecular formula is C31H35F4N5O3. The largest absolute Gasteiger partial charge is 0.417 e. The number of carbonyl (C=O) groups is 1. The van der Waals surface area contributed by atoms with Gasteiger partial charge in [-0.1, -0.05) is 12.1 Å². The van der Waals surface area contributed by atoms with E-state index in [0.29, 0.717) is 55.7 Å². The molecule has 2 saturated heterocycles. The Morgan fingerprint density at radius 2 is 1.74 bits per heavy atom. The molecule has 2 aromatic carbocycles. The molecule has 43 heavy (non-hydrogen) atoms. The van der Waals surface area contributed by atoms with Gasteiger partial charge in [-0.3, -0.25) is 19.4 Å². The summed E-state index contributed by atoms with van der Waals surface area (Å²) in [6.45, 7) is 8.77. The van der Waals surface area contributed by atoms with Crippen LogP contribution in [0.1, 0.15) is 35.3 Å². The zero-order valence-corrected chi connectivity index (χ0v) is 24.3. The average Bonchev–Trinajstić information content (AvgIpc) is 2.96. The number of piperazine rings is 1. The van der Waals surface area contributed by atoms with E-state index in [-0.39, 0.29) is 17.8 Å². The highest BCUT2D eigenvalue weighted by Crippen LogP contribution is 2.36. The Bertz CT molecular complexity index is 1520. The predicted octanol–water partition coefficient (Wildman–Crippen LogP) is 4.81. The SMILES string of the molecule is C[C@@H]1CN(c2ccc(-c3cc(CN4CCOCC4)ccc3F)cc2NC(=O)c2c[nH]c(=O)cc2C(F)(F)F)C[C@H](C)N1C. The Balaban J connectivity index is 1.54. The molecule has 2 aliphatic rings. The maximum absolute atomic E-state index is 15.2. The second kappa shape index (κ2) is 12.5. The number of rotatable bonds is 6. The molecule has 0 saturated carbocycles. The van der Waals surface area contributed by atoms with Crippen molar-refractivity contribution in [2.45, 2.75) is 38.7 Å². The molecule has 12 heteroatoms. The van der Waals surface area contributed by atoms with Crippen LogP contribution in [0.25, 0.3) is 11.1 Å². The van der Waals surface area contributed by atoms with Gasteiger partial charge in [0, 0.05) is 62.6 Å². The molecule has 3 aromatic rings. The third-order valence-corrected chi connectivity index (χ3v) is 8.27. The Morgan fingerprint density at radius 3 is 2.42 bits per heavy atom. The number of pyridine rings is 1. The highest BCUT2D eigenvalue weighted by atomic mass is 19.4. The van der Waals surface area contributed by atoms with Crippen molar-refractivity contribution in [1.82, 2.24) is 14.8 Å². The van der Waals surface area contributed by atoms with Gasteiger partial charge >= 0.3 is 6.18 Å². The average molecular weight is 602 g/mol. The fourth-order valence-electron chi connectivity index (χ4n) is 5.67. The maximum Gasteiger partial charge on any atom is 0.417 e. The number of aromatic amines is 1. The van der Waals surface area contributed by atoms with Crippen molar-refractivity contribution in [2.24, 2.45) is 0 Å². The third-order valence-electron chi connectivity index (χ3n) is 8.27. The lowest BCUT2D eigenvalue weighted by molar-refractivity contribution is -0.138. The van der Waals surface area contributed by atoms with Crippen molar-refractivity contribution in [3.05, 3.63) is 81.5 Å². The first-order valence-corrected chi connectivity index (χ1v) is 14.2. The number of likely N-dealkylation sites (N-methyl/N-ethyl adjacent to an activating group) is 1. The molecule has 2 atom stereocenters. The summed E-state index contributed by atoms with van der Waals surface area (Å²) in [5.41, 5.74) is -0.508. The van der Waals surface area contributed by atoms with Crippen LogP contribution in [-0.2, 0) is 17.5 Å². The first-order chi connectivity index (χ1) is 20.4. The van der Waals surface area contributed by atoms with Crippen LogP contribution in [-0.4, -0.2) is 79.2 Å². The lowest BCUT2D eigenvalue weighted by Crippen LogP contribution is -2.55. The maximum atomic E-state index is 15.2. The van der Waals surface area contributed by atoms with E-state index in [1.807, 2.05) is 7.05 Å². The lowest BCUT2D eigenvalue weighted by Gasteiger charge is -2.44. The quantitative estimate of drug-likeness (QED) is 0.395. The molecule has 3 heterocycles. The van der Waals surface area contributed by atoms with Gasteiger partial charge in [-0.2, -0.15) is 13.2 Å². The summed E-state index contributed by atoms with van der Waals surface area (Å²) >= 11 is 0. The number of nitrogens with one attached hydrogen (secondary N) is 2. The molecule has 0 aliphatic carbocycles. The van der Waals surface area contributed by atoms with E-state index in [1.165, 1.54) is 6.07 Å². The van der Waals surface area contributed by atoms with Crippen LogP contribution >= 0.6 is 0 Å². The zero-order valence-electron chi connectivity index (χ0n) is 24.3. The van der Waals surface area contributed by atoms with Crippen LogP contribution in [0.2, 0.25) is 0 Å². The van der Waals surface area contributed by atoms with Crippen molar-refractivity contribution in [3.8, 4) is 11.1 Å². The van der Waals surface area contributed by atoms with Gasteiger partial charge in [-0.15, -0.1) is 0 Å². The van der Waals surface area contributed by atoms with Crippen LogP contribution in [0.5, 0.6) is 0 Å². The van der Waals surface area contributed by atoms with Gasteiger partial charge in [0.15, 0.2) is 0 Å². The van der Waals surface area contributed by atoms with Crippen LogP contribution in [0.15, 0.2) is 53.5 Å². The molecule has 5 rings (SSSR count). The molecule has 0 spiro atoms. The zero-order chi connectivity index (χ0) is 30.9. The molecule has 1 amide bonds. The Morgan fingerprint density at radius 1 is 1.05 bits per heavy atom. The van der Waals surface area contributed by atoms with E-state index in [9.17, 15) is 22.8 Å². The fraction of sp³-hybridized carbons (Fsp3) is 0.419. The number of benzene rings is 2. The molecule has 0 unspecified atom stereocenters. The predicted molar refractivity (Wildman–Crippen MR) is 157 cm³/mol. The number of alkyl halides is 3. The van der Waals surface area contributed by atoms with Crippen LogP contribution in [0, 0.1) is 5.82 Å². The van der Waals surface area contributed by atoms with Crippen LogP contribution in [0.4, 0.5) is 28.9 Å². The molecule has 2 aliphatic heterocycles. The van der Waals surface area contributed by atoms with E-state index in [0.717, 1.165) is 24.8 Å². The molecule has 2 N–H and O–H groups in total. The van der Waals surface area contributed by atoms with Crippen molar-refractivity contribution < 1.29 is 27.1 Å². The minimum Gasteiger partial charge on any atom is -0.379 e. The van der Waals surface area contributed by atoms with E-state index in [2.05, 4.69) is 38.8 Å². The second-order valence-corrected chi connectivity index (χ2v) is 11.3. The number of H-pyrrole nitrogens is 1. The number of hydrogen-bond acceptors (Lipinski definition) is 6. The van der Waals surface area contributed by atoms with Gasteiger partial charge in [0.25, 0.3) is 5.91 Å². The monoisotopic (exact) mass is 601 g/mol. The van der Waals surface area contributed by atoms with Crippen LogP contribution in [0.3, 0.4) is 0 Å². The van der Waals surface area contributed by atoms with Crippen LogP contribution < -0.4 is 15.8 Å². The third kappa shape index (κ3) is 6.92. The summed E-state index contributed by atoms with van der Waals surface area (Å²) in [5, 5.41) is 2.65. The molecule has 0 radical (unpaired) electrons. The Labute approximate surface area is 247 Å². The lowest BCUT2D eigenvalue weighted by atomic mass is 9.99. The van der Waals surface area contributed by atoms with E-state index < -0.39 is 34.6 Å². The summed E-state index contributed by atoms with van der Waals surface area (Å²) in [7, 11) is 2.03. The second-order valence-electron chi connectivity index (χ2n) is 11.3. The number of halogens is 4. The number of nitrogens with zero attached hydrogens (tertiary/aromatic N) is 3. The smallest absolute Gasteiger partial charge is 0.379 e. The number of anilines is 2. The molecule has 2 fully saturated rings. The van der Waals surface area contributed by atoms with Gasteiger partial charge in [0.1, 0.15) is 5.82 Å². The summed E-state index contributed by atoms with van der Waals surface area (Å²) in [5.74, 6) is -1.50. The van der Waals surface area contributed by atoms with E-state index >= 15 is 4.39 Å². The number of hydrogen-bond donors (Lipinski definition) is 2. The Kier molecular flexibility index (Phi) is 8.91. The standard InChI is InChI=1S/C31H35F4N5O3/c1-19-16-40(17-20(2)38(19)3)28-7-5-22(23-12-21(4-6-26(23)32)18-39-8-10-43-11-9-39)13-27(28)37-30(42)24-15-36-29(41)14-25(24)31(33,34)35/h4-7,12-15,19-20H,8-11,16-18H2,1-3H3,(H,36,41)(H,37,42)/t19-,20+. The summed E-state index contributed by atoms with van der Waals surface area (Å²) in [6.07, 6.45) is -4.16. The van der Waals surface area contributed by atoms with Gasteiger partial charge in [0.2, 0.25) is 5.56 Å². The molecular weight excluding hydrogens is 566 g/mol. The number of morpholine rings is 1. The minimum absolute atomic E-state index is 0.164. The summed E-state index contributed by atoms with van der Waals surface area (Å²) < 4.78 is 61.9. The van der Waals surface area contributed by atoms with Crippen molar-refractivity contribution in [3.63, 3.8) is 0 Å². The molecule has 0 bridgehead atoms. The Hall–Kier alpha value is -3.74. The van der Waals surface area contributed by atoms with E-state index in [1.54, 1.807) is 30.3 Å². The van der Waals surface area contributed by atoms with Crippen molar-refractivity contribution in [2.75, 3.05) is 56.7 Å². The first kappa shape index (κ1) is 30.7. The number of amides is 1.